The van der Waals surface area contributed by atoms with Crippen LogP contribution in [0, 0.1) is 0 Å². The molecule has 1 aliphatic carbocycles. The van der Waals surface area contributed by atoms with Crippen molar-refractivity contribution in [2.45, 2.75) is 37.8 Å². The molecular formula is C15H23NOS. The molecule has 1 atom stereocenters. The second-order valence-electron chi connectivity index (χ2n) is 4.97. The van der Waals surface area contributed by atoms with Crippen LogP contribution in [0.25, 0.3) is 0 Å². The number of nitrogens with one attached hydrogen (secondary N) is 1. The van der Waals surface area contributed by atoms with Crippen LogP contribution in [0.5, 0.6) is 0 Å². The van der Waals surface area contributed by atoms with E-state index in [1.807, 2.05) is 17.8 Å². The lowest BCUT2D eigenvalue weighted by Gasteiger charge is -2.34. The Bertz CT molecular complexity index is 353. The Morgan fingerprint density at radius 3 is 2.61 bits per heavy atom. The largest absolute Gasteiger partial charge is 0.394 e. The monoisotopic (exact) mass is 265 g/mol. The van der Waals surface area contributed by atoms with Gasteiger partial charge in [0.05, 0.1) is 12.1 Å². The highest BCUT2D eigenvalue weighted by atomic mass is 32.2. The second kappa shape index (κ2) is 6.60. The van der Waals surface area contributed by atoms with Crippen LogP contribution in [0.3, 0.4) is 0 Å². The quantitative estimate of drug-likeness (QED) is 0.709. The molecule has 1 aromatic carbocycles. The molecule has 0 saturated heterocycles. The van der Waals surface area contributed by atoms with Crippen molar-refractivity contribution in [1.29, 1.82) is 0 Å². The zero-order chi connectivity index (χ0) is 12.8. The van der Waals surface area contributed by atoms with Crippen molar-refractivity contribution >= 4 is 11.8 Å². The predicted octanol–water partition coefficient (Wildman–Crippen LogP) is 2.77. The van der Waals surface area contributed by atoms with Crippen LogP contribution in [0.2, 0.25) is 0 Å². The van der Waals surface area contributed by atoms with E-state index in [4.69, 9.17) is 0 Å². The number of rotatable bonds is 8. The van der Waals surface area contributed by atoms with Gasteiger partial charge in [0.15, 0.2) is 0 Å². The number of aliphatic hydroxyl groups is 1. The SMILES string of the molecule is CCSCCC(CO)(NC1CC1)c1ccccc1. The van der Waals surface area contributed by atoms with Gasteiger partial charge in [0, 0.05) is 6.04 Å². The number of thioether (sulfide) groups is 1. The van der Waals surface area contributed by atoms with E-state index in [-0.39, 0.29) is 12.1 Å². The maximum Gasteiger partial charge on any atom is 0.0679 e. The van der Waals surface area contributed by atoms with E-state index in [2.05, 4.69) is 36.5 Å². The number of benzene rings is 1. The molecule has 3 heteroatoms. The molecule has 1 unspecified atom stereocenters. The standard InChI is InChI=1S/C15H23NOS/c1-2-18-11-10-15(12-17,16-14-8-9-14)13-6-4-3-5-7-13/h3-7,14,16-17H,2,8-12H2,1H3. The smallest absolute Gasteiger partial charge is 0.0679 e. The summed E-state index contributed by atoms with van der Waals surface area (Å²) in [6.07, 6.45) is 3.48. The maximum atomic E-state index is 9.93. The van der Waals surface area contributed by atoms with E-state index in [1.165, 1.54) is 18.4 Å². The van der Waals surface area contributed by atoms with Gasteiger partial charge in [-0.2, -0.15) is 11.8 Å². The summed E-state index contributed by atoms with van der Waals surface area (Å²) in [6.45, 7) is 2.36. The van der Waals surface area contributed by atoms with Crippen LogP contribution in [0.4, 0.5) is 0 Å². The third kappa shape index (κ3) is 3.50. The first-order valence-corrected chi connectivity index (χ1v) is 7.98. The van der Waals surface area contributed by atoms with Gasteiger partial charge in [0.1, 0.15) is 0 Å². The lowest BCUT2D eigenvalue weighted by Crippen LogP contribution is -2.47. The fourth-order valence-corrected chi connectivity index (χ4v) is 3.06. The molecule has 1 aliphatic rings. The molecule has 2 nitrogen and oxygen atoms in total. The molecule has 1 aromatic rings. The fourth-order valence-electron chi connectivity index (χ4n) is 2.28. The van der Waals surface area contributed by atoms with Crippen molar-refractivity contribution in [2.75, 3.05) is 18.1 Å². The van der Waals surface area contributed by atoms with Crippen molar-refractivity contribution in [3.8, 4) is 0 Å². The van der Waals surface area contributed by atoms with Gasteiger partial charge in [-0.25, -0.2) is 0 Å². The highest BCUT2D eigenvalue weighted by molar-refractivity contribution is 7.99. The summed E-state index contributed by atoms with van der Waals surface area (Å²) in [6, 6.07) is 11.0. The number of hydrogen-bond acceptors (Lipinski definition) is 3. The van der Waals surface area contributed by atoms with Gasteiger partial charge in [-0.15, -0.1) is 0 Å². The van der Waals surface area contributed by atoms with Crippen LogP contribution in [0.15, 0.2) is 30.3 Å². The molecule has 100 valence electrons. The van der Waals surface area contributed by atoms with E-state index in [9.17, 15) is 5.11 Å². The second-order valence-corrected chi connectivity index (χ2v) is 6.37. The van der Waals surface area contributed by atoms with Gasteiger partial charge in [-0.1, -0.05) is 37.3 Å². The summed E-state index contributed by atoms with van der Waals surface area (Å²) in [5.41, 5.74) is 0.973. The van der Waals surface area contributed by atoms with E-state index in [1.54, 1.807) is 0 Å². The van der Waals surface area contributed by atoms with Crippen LogP contribution in [-0.4, -0.2) is 29.3 Å². The van der Waals surface area contributed by atoms with Crippen molar-refractivity contribution in [3.05, 3.63) is 35.9 Å². The number of aliphatic hydroxyl groups excluding tert-OH is 1. The summed E-state index contributed by atoms with van der Waals surface area (Å²) < 4.78 is 0. The Morgan fingerprint density at radius 2 is 2.06 bits per heavy atom. The molecule has 0 aromatic heterocycles. The van der Waals surface area contributed by atoms with Gasteiger partial charge >= 0.3 is 0 Å². The van der Waals surface area contributed by atoms with Crippen LogP contribution in [-0.2, 0) is 5.54 Å². The van der Waals surface area contributed by atoms with Gasteiger partial charge in [0.25, 0.3) is 0 Å². The first-order valence-electron chi connectivity index (χ1n) is 6.82. The molecule has 2 rings (SSSR count). The van der Waals surface area contributed by atoms with E-state index in [0.29, 0.717) is 6.04 Å². The van der Waals surface area contributed by atoms with Crippen LogP contribution < -0.4 is 5.32 Å². The molecule has 2 N–H and O–H groups in total. The summed E-state index contributed by atoms with van der Waals surface area (Å²) in [7, 11) is 0. The molecule has 0 aliphatic heterocycles. The summed E-state index contributed by atoms with van der Waals surface area (Å²) >= 11 is 1.94. The van der Waals surface area contributed by atoms with Crippen molar-refractivity contribution < 1.29 is 5.11 Å². The van der Waals surface area contributed by atoms with E-state index < -0.39 is 0 Å². The Hall–Kier alpha value is -0.510. The van der Waals surface area contributed by atoms with Crippen molar-refractivity contribution in [3.63, 3.8) is 0 Å². The topological polar surface area (TPSA) is 32.3 Å². The minimum Gasteiger partial charge on any atom is -0.394 e. The van der Waals surface area contributed by atoms with Crippen LogP contribution >= 0.6 is 11.8 Å². The third-order valence-electron chi connectivity index (χ3n) is 3.53. The molecule has 0 spiro atoms. The fraction of sp³-hybridized carbons (Fsp3) is 0.600. The van der Waals surface area contributed by atoms with E-state index >= 15 is 0 Å². The minimum atomic E-state index is -0.245. The number of hydrogen-bond donors (Lipinski definition) is 2. The van der Waals surface area contributed by atoms with Gasteiger partial charge < -0.3 is 10.4 Å². The van der Waals surface area contributed by atoms with Crippen molar-refractivity contribution in [1.82, 2.24) is 5.32 Å². The zero-order valence-corrected chi connectivity index (χ0v) is 11.9. The lowest BCUT2D eigenvalue weighted by atomic mass is 9.87. The molecule has 0 heterocycles. The average molecular weight is 265 g/mol. The zero-order valence-electron chi connectivity index (χ0n) is 11.1. The molecule has 18 heavy (non-hydrogen) atoms. The molecule has 1 fully saturated rings. The summed E-state index contributed by atoms with van der Waals surface area (Å²) in [5, 5.41) is 13.6. The molecule has 0 radical (unpaired) electrons. The Kier molecular flexibility index (Phi) is 5.10. The predicted molar refractivity (Wildman–Crippen MR) is 79.0 cm³/mol. The summed E-state index contributed by atoms with van der Waals surface area (Å²) in [5.74, 6) is 2.23. The normalized spacial score (nSPS) is 18.6. The minimum absolute atomic E-state index is 0.178. The first-order chi connectivity index (χ1) is 8.80. The van der Waals surface area contributed by atoms with Gasteiger partial charge in [0.2, 0.25) is 0 Å². The highest BCUT2D eigenvalue weighted by Crippen LogP contribution is 2.32. The Balaban J connectivity index is 2.13. The summed E-state index contributed by atoms with van der Waals surface area (Å²) in [4.78, 5) is 0. The molecular weight excluding hydrogens is 242 g/mol. The van der Waals surface area contributed by atoms with Crippen molar-refractivity contribution in [2.24, 2.45) is 0 Å². The maximum absolute atomic E-state index is 9.93. The third-order valence-corrected chi connectivity index (χ3v) is 4.43. The van der Waals surface area contributed by atoms with Gasteiger partial charge in [-0.3, -0.25) is 0 Å². The average Bonchev–Trinajstić information content (AvgIpc) is 3.23. The molecule has 0 bridgehead atoms. The Morgan fingerprint density at radius 1 is 1.33 bits per heavy atom. The molecule has 0 amide bonds. The van der Waals surface area contributed by atoms with Gasteiger partial charge in [-0.05, 0) is 36.3 Å². The highest BCUT2D eigenvalue weighted by Gasteiger charge is 2.36. The lowest BCUT2D eigenvalue weighted by molar-refractivity contribution is 0.154. The van der Waals surface area contributed by atoms with Crippen LogP contribution in [0.1, 0.15) is 31.7 Å². The van der Waals surface area contributed by atoms with E-state index in [0.717, 1.165) is 17.9 Å². The Labute approximate surface area is 114 Å². The molecule has 1 saturated carbocycles. The first kappa shape index (κ1) is 13.9.